The van der Waals surface area contributed by atoms with Crippen molar-refractivity contribution in [3.8, 4) is 0 Å². The molecule has 0 saturated carbocycles. The molecule has 2 aliphatic rings. The van der Waals surface area contributed by atoms with Gasteiger partial charge in [0.2, 0.25) is 5.91 Å². The molecular formula is C14H25N3O3. The van der Waals surface area contributed by atoms with Gasteiger partial charge >= 0.3 is 6.03 Å². The lowest BCUT2D eigenvalue weighted by Gasteiger charge is -2.31. The largest absolute Gasteiger partial charge is 0.396 e. The molecule has 20 heavy (non-hydrogen) atoms. The van der Waals surface area contributed by atoms with E-state index < -0.39 is 0 Å². The van der Waals surface area contributed by atoms with Crippen LogP contribution < -0.4 is 5.32 Å². The Balaban J connectivity index is 1.61. The number of carbonyl (C=O) groups excluding carboxylic acids is 2. The summed E-state index contributed by atoms with van der Waals surface area (Å²) in [5, 5.41) is 12.1. The van der Waals surface area contributed by atoms with Crippen molar-refractivity contribution in [3.63, 3.8) is 0 Å². The van der Waals surface area contributed by atoms with Crippen molar-refractivity contribution >= 4 is 11.9 Å². The number of carbonyl (C=O) groups is 2. The highest BCUT2D eigenvalue weighted by Gasteiger charge is 2.23. The zero-order chi connectivity index (χ0) is 14.4. The van der Waals surface area contributed by atoms with Crippen molar-refractivity contribution in [1.82, 2.24) is 15.1 Å². The fourth-order valence-electron chi connectivity index (χ4n) is 2.92. The fourth-order valence-corrected chi connectivity index (χ4v) is 2.92. The summed E-state index contributed by atoms with van der Waals surface area (Å²) >= 11 is 0. The van der Waals surface area contributed by atoms with Crippen LogP contribution in [0.15, 0.2) is 0 Å². The third-order valence-corrected chi connectivity index (χ3v) is 4.12. The maximum Gasteiger partial charge on any atom is 0.317 e. The van der Waals surface area contributed by atoms with E-state index in [2.05, 4.69) is 5.32 Å². The van der Waals surface area contributed by atoms with E-state index in [1.165, 1.54) is 0 Å². The molecule has 6 nitrogen and oxygen atoms in total. The van der Waals surface area contributed by atoms with Crippen LogP contribution in [-0.4, -0.2) is 66.2 Å². The normalized spacial score (nSPS) is 23.2. The van der Waals surface area contributed by atoms with Crippen molar-refractivity contribution in [3.05, 3.63) is 0 Å². The van der Waals surface area contributed by atoms with Crippen LogP contribution in [0.4, 0.5) is 4.79 Å². The SMILES string of the molecule is O=C1CCCN1CCCNC(=O)N1CCCC(CO)C1. The van der Waals surface area contributed by atoms with Gasteiger partial charge in [0.1, 0.15) is 0 Å². The second-order valence-electron chi connectivity index (χ2n) is 5.71. The highest BCUT2D eigenvalue weighted by Crippen LogP contribution is 2.15. The van der Waals surface area contributed by atoms with Gasteiger partial charge in [0.25, 0.3) is 0 Å². The zero-order valence-electron chi connectivity index (χ0n) is 12.0. The Morgan fingerprint density at radius 3 is 2.90 bits per heavy atom. The van der Waals surface area contributed by atoms with Crippen molar-refractivity contribution < 1.29 is 14.7 Å². The molecule has 0 radical (unpaired) electrons. The standard InChI is InChI=1S/C14H25N3O3/c18-11-12-4-1-8-17(10-12)14(20)15-6-3-9-16-7-2-5-13(16)19/h12,18H,1-11H2,(H,15,20). The van der Waals surface area contributed by atoms with E-state index in [0.29, 0.717) is 19.5 Å². The lowest BCUT2D eigenvalue weighted by molar-refractivity contribution is -0.127. The van der Waals surface area contributed by atoms with E-state index in [4.69, 9.17) is 5.11 Å². The number of piperidine rings is 1. The lowest BCUT2D eigenvalue weighted by atomic mass is 9.99. The van der Waals surface area contributed by atoms with Gasteiger partial charge in [0.15, 0.2) is 0 Å². The van der Waals surface area contributed by atoms with Gasteiger partial charge in [-0.3, -0.25) is 4.79 Å². The van der Waals surface area contributed by atoms with E-state index in [0.717, 1.165) is 45.3 Å². The summed E-state index contributed by atoms with van der Waals surface area (Å²) in [5.74, 6) is 0.454. The predicted octanol–water partition coefficient (Wildman–Crippen LogP) is 0.413. The quantitative estimate of drug-likeness (QED) is 0.718. The van der Waals surface area contributed by atoms with Crippen molar-refractivity contribution in [2.24, 2.45) is 5.92 Å². The Bertz CT molecular complexity index is 349. The van der Waals surface area contributed by atoms with Crippen LogP contribution in [0, 0.1) is 5.92 Å². The van der Waals surface area contributed by atoms with Crippen molar-refractivity contribution in [1.29, 1.82) is 0 Å². The van der Waals surface area contributed by atoms with E-state index >= 15 is 0 Å². The highest BCUT2D eigenvalue weighted by molar-refractivity contribution is 5.78. The van der Waals surface area contributed by atoms with Crippen LogP contribution in [0.3, 0.4) is 0 Å². The van der Waals surface area contributed by atoms with E-state index in [1.807, 2.05) is 4.90 Å². The highest BCUT2D eigenvalue weighted by atomic mass is 16.3. The lowest BCUT2D eigenvalue weighted by Crippen LogP contribution is -2.46. The molecule has 6 heteroatoms. The topological polar surface area (TPSA) is 72.9 Å². The Hall–Kier alpha value is -1.30. The molecule has 114 valence electrons. The molecule has 2 aliphatic heterocycles. The Morgan fingerprint density at radius 1 is 1.35 bits per heavy atom. The van der Waals surface area contributed by atoms with Gasteiger partial charge in [0.05, 0.1) is 0 Å². The Labute approximate surface area is 120 Å². The first-order chi connectivity index (χ1) is 9.70. The minimum absolute atomic E-state index is 0.0455. The third kappa shape index (κ3) is 4.10. The number of amides is 3. The van der Waals surface area contributed by atoms with Crippen LogP contribution >= 0.6 is 0 Å². The number of likely N-dealkylation sites (tertiary alicyclic amines) is 2. The number of urea groups is 1. The van der Waals surface area contributed by atoms with Gasteiger partial charge in [0, 0.05) is 45.8 Å². The first-order valence-corrected chi connectivity index (χ1v) is 7.62. The third-order valence-electron chi connectivity index (χ3n) is 4.12. The van der Waals surface area contributed by atoms with E-state index in [9.17, 15) is 9.59 Å². The van der Waals surface area contributed by atoms with Gasteiger partial charge in [-0.2, -0.15) is 0 Å². The number of nitrogens with zero attached hydrogens (tertiary/aromatic N) is 2. The maximum absolute atomic E-state index is 12.0. The molecule has 2 N–H and O–H groups in total. The van der Waals surface area contributed by atoms with Gasteiger partial charge in [-0.05, 0) is 31.6 Å². The summed E-state index contributed by atoms with van der Waals surface area (Å²) in [6, 6.07) is -0.0455. The number of aliphatic hydroxyl groups excluding tert-OH is 1. The second-order valence-corrected chi connectivity index (χ2v) is 5.71. The maximum atomic E-state index is 12.0. The fraction of sp³-hybridized carbons (Fsp3) is 0.857. The molecular weight excluding hydrogens is 258 g/mol. The van der Waals surface area contributed by atoms with Gasteiger partial charge in [-0.15, -0.1) is 0 Å². The summed E-state index contributed by atoms with van der Waals surface area (Å²) in [4.78, 5) is 27.1. The summed E-state index contributed by atoms with van der Waals surface area (Å²) in [5.41, 5.74) is 0. The molecule has 0 aromatic heterocycles. The zero-order valence-corrected chi connectivity index (χ0v) is 12.0. The molecule has 3 amide bonds. The Kier molecular flexibility index (Phi) is 5.64. The summed E-state index contributed by atoms with van der Waals surface area (Å²) in [7, 11) is 0. The second kappa shape index (κ2) is 7.47. The summed E-state index contributed by atoms with van der Waals surface area (Å²) < 4.78 is 0. The minimum Gasteiger partial charge on any atom is -0.396 e. The number of nitrogens with one attached hydrogen (secondary N) is 1. The smallest absolute Gasteiger partial charge is 0.317 e. The minimum atomic E-state index is -0.0455. The predicted molar refractivity (Wildman–Crippen MR) is 75.2 cm³/mol. The van der Waals surface area contributed by atoms with Gasteiger partial charge in [-0.1, -0.05) is 0 Å². The molecule has 2 saturated heterocycles. The Morgan fingerprint density at radius 2 is 2.20 bits per heavy atom. The first-order valence-electron chi connectivity index (χ1n) is 7.62. The summed E-state index contributed by atoms with van der Waals surface area (Å²) in [6.07, 6.45) is 4.39. The average molecular weight is 283 g/mol. The first kappa shape index (κ1) is 15.1. The molecule has 0 bridgehead atoms. The van der Waals surface area contributed by atoms with E-state index in [-0.39, 0.29) is 24.5 Å². The van der Waals surface area contributed by atoms with Crippen molar-refractivity contribution in [2.45, 2.75) is 32.1 Å². The van der Waals surface area contributed by atoms with Crippen LogP contribution in [0.25, 0.3) is 0 Å². The molecule has 1 unspecified atom stereocenters. The summed E-state index contributed by atoms with van der Waals surface area (Å²) in [6.45, 7) is 3.76. The van der Waals surface area contributed by atoms with Crippen molar-refractivity contribution in [2.75, 3.05) is 39.3 Å². The molecule has 0 spiro atoms. The number of rotatable bonds is 5. The molecule has 2 fully saturated rings. The van der Waals surface area contributed by atoms with Gasteiger partial charge < -0.3 is 20.2 Å². The number of hydrogen-bond acceptors (Lipinski definition) is 3. The molecule has 0 aromatic carbocycles. The molecule has 0 aromatic rings. The van der Waals surface area contributed by atoms with Crippen LogP contribution in [0.2, 0.25) is 0 Å². The number of aliphatic hydroxyl groups is 1. The molecule has 1 atom stereocenters. The van der Waals surface area contributed by atoms with Crippen LogP contribution in [0.1, 0.15) is 32.1 Å². The molecule has 0 aliphatic carbocycles. The van der Waals surface area contributed by atoms with Gasteiger partial charge in [-0.25, -0.2) is 4.79 Å². The van der Waals surface area contributed by atoms with Crippen LogP contribution in [-0.2, 0) is 4.79 Å². The van der Waals surface area contributed by atoms with Crippen LogP contribution in [0.5, 0.6) is 0 Å². The van der Waals surface area contributed by atoms with E-state index in [1.54, 1.807) is 4.90 Å². The molecule has 2 heterocycles. The number of hydrogen-bond donors (Lipinski definition) is 2. The monoisotopic (exact) mass is 283 g/mol. The molecule has 2 rings (SSSR count). The average Bonchev–Trinajstić information content (AvgIpc) is 2.89.